The Labute approximate surface area is 122 Å². The Balaban J connectivity index is 1.99. The third-order valence-electron chi connectivity index (χ3n) is 3.65. The molecule has 2 N–H and O–H groups in total. The second-order valence-corrected chi connectivity index (χ2v) is 5.24. The van der Waals surface area contributed by atoms with Crippen LogP contribution in [0.25, 0.3) is 5.69 Å². The molecule has 1 aromatic heterocycles. The quantitative estimate of drug-likeness (QED) is 0.886. The van der Waals surface area contributed by atoms with E-state index in [2.05, 4.69) is 22.2 Å². The summed E-state index contributed by atoms with van der Waals surface area (Å²) in [4.78, 5) is 15.4. The molecular formula is C15H18N4O2. The first-order valence-corrected chi connectivity index (χ1v) is 7.01. The molecule has 1 aliphatic carbocycles. The molecule has 0 unspecified atom stereocenters. The zero-order valence-electron chi connectivity index (χ0n) is 12.0. The third-order valence-corrected chi connectivity index (χ3v) is 3.65. The second kappa shape index (κ2) is 5.65. The molecule has 1 aromatic carbocycles. The number of amides is 1. The van der Waals surface area contributed by atoms with E-state index in [1.54, 1.807) is 11.8 Å². The van der Waals surface area contributed by atoms with Crippen molar-refractivity contribution in [2.75, 3.05) is 7.11 Å². The highest BCUT2D eigenvalue weighted by Gasteiger charge is 2.16. The number of nitrogens with two attached hydrogens (primary N) is 1. The summed E-state index contributed by atoms with van der Waals surface area (Å²) in [5, 5.41) is 4.39. The summed E-state index contributed by atoms with van der Waals surface area (Å²) in [6.45, 7) is 0.336. The van der Waals surface area contributed by atoms with E-state index in [1.165, 1.54) is 17.5 Å². The maximum absolute atomic E-state index is 11.0. The van der Waals surface area contributed by atoms with Gasteiger partial charge in [0.05, 0.1) is 12.1 Å². The number of hydrogen-bond acceptors (Lipinski definition) is 4. The molecular weight excluding hydrogens is 268 g/mol. The van der Waals surface area contributed by atoms with Crippen molar-refractivity contribution in [3.8, 4) is 5.69 Å². The largest absolute Gasteiger partial charge is 0.377 e. The van der Waals surface area contributed by atoms with E-state index in [4.69, 9.17) is 10.5 Å². The topological polar surface area (TPSA) is 83.0 Å². The van der Waals surface area contributed by atoms with Gasteiger partial charge >= 0.3 is 0 Å². The van der Waals surface area contributed by atoms with E-state index in [1.807, 2.05) is 6.07 Å². The highest BCUT2D eigenvalue weighted by molar-refractivity contribution is 5.75. The van der Waals surface area contributed by atoms with Gasteiger partial charge in [0.15, 0.2) is 11.6 Å². The maximum atomic E-state index is 11.0. The fourth-order valence-corrected chi connectivity index (χ4v) is 2.74. The molecule has 0 atom stereocenters. The van der Waals surface area contributed by atoms with E-state index in [0.717, 1.165) is 18.5 Å². The number of primary amides is 1. The van der Waals surface area contributed by atoms with E-state index in [-0.39, 0.29) is 6.42 Å². The molecule has 21 heavy (non-hydrogen) atoms. The molecule has 3 rings (SSSR count). The Hall–Kier alpha value is -2.21. The van der Waals surface area contributed by atoms with Gasteiger partial charge in [-0.1, -0.05) is 6.07 Å². The van der Waals surface area contributed by atoms with Gasteiger partial charge in [0.1, 0.15) is 6.61 Å². The average molecular weight is 286 g/mol. The first kappa shape index (κ1) is 13.8. The Morgan fingerprint density at radius 2 is 2.19 bits per heavy atom. The zero-order chi connectivity index (χ0) is 14.8. The van der Waals surface area contributed by atoms with E-state index < -0.39 is 5.91 Å². The van der Waals surface area contributed by atoms with Crippen LogP contribution in [-0.4, -0.2) is 27.8 Å². The van der Waals surface area contributed by atoms with E-state index in [9.17, 15) is 4.79 Å². The number of rotatable bonds is 5. The first-order chi connectivity index (χ1) is 10.2. The lowest BCUT2D eigenvalue weighted by molar-refractivity contribution is -0.117. The summed E-state index contributed by atoms with van der Waals surface area (Å²) in [7, 11) is 1.61. The average Bonchev–Trinajstić information content (AvgIpc) is 3.04. The number of aryl methyl sites for hydroxylation is 2. The Morgan fingerprint density at radius 1 is 1.38 bits per heavy atom. The van der Waals surface area contributed by atoms with Gasteiger partial charge in [0, 0.05) is 7.11 Å². The van der Waals surface area contributed by atoms with Crippen molar-refractivity contribution in [2.45, 2.75) is 32.3 Å². The lowest BCUT2D eigenvalue weighted by atomic mass is 10.1. The number of hydrogen-bond donors (Lipinski definition) is 1. The highest BCUT2D eigenvalue weighted by atomic mass is 16.5. The van der Waals surface area contributed by atoms with Crippen molar-refractivity contribution in [3.63, 3.8) is 0 Å². The van der Waals surface area contributed by atoms with Gasteiger partial charge in [-0.05, 0) is 42.5 Å². The van der Waals surface area contributed by atoms with Crippen LogP contribution >= 0.6 is 0 Å². The number of aromatic nitrogens is 3. The molecule has 0 saturated carbocycles. The van der Waals surface area contributed by atoms with Crippen molar-refractivity contribution < 1.29 is 9.53 Å². The van der Waals surface area contributed by atoms with Crippen molar-refractivity contribution in [3.05, 3.63) is 41.0 Å². The molecule has 6 heteroatoms. The summed E-state index contributed by atoms with van der Waals surface area (Å²) in [6.07, 6.45) is 3.49. The van der Waals surface area contributed by atoms with Gasteiger partial charge < -0.3 is 10.5 Å². The fraction of sp³-hybridized carbons (Fsp3) is 0.400. The van der Waals surface area contributed by atoms with Gasteiger partial charge in [-0.3, -0.25) is 4.79 Å². The number of fused-ring (bicyclic) bond motifs is 1. The minimum absolute atomic E-state index is 0.0364. The minimum atomic E-state index is -0.440. The first-order valence-electron chi connectivity index (χ1n) is 7.01. The molecule has 2 aromatic rings. The number of benzene rings is 1. The molecule has 0 radical (unpaired) electrons. The van der Waals surface area contributed by atoms with Gasteiger partial charge in [0.2, 0.25) is 5.91 Å². The van der Waals surface area contributed by atoms with E-state index >= 15 is 0 Å². The molecule has 1 heterocycles. The molecule has 1 amide bonds. The van der Waals surface area contributed by atoms with Crippen molar-refractivity contribution >= 4 is 5.91 Å². The maximum Gasteiger partial charge on any atom is 0.225 e. The van der Waals surface area contributed by atoms with Crippen LogP contribution in [0.3, 0.4) is 0 Å². The molecule has 0 aliphatic heterocycles. The molecule has 0 fully saturated rings. The Kier molecular flexibility index (Phi) is 3.70. The van der Waals surface area contributed by atoms with Gasteiger partial charge in [-0.2, -0.15) is 5.10 Å². The molecule has 0 bridgehead atoms. The summed E-state index contributed by atoms with van der Waals surface area (Å²) in [6, 6.07) is 6.32. The third kappa shape index (κ3) is 2.80. The highest BCUT2D eigenvalue weighted by Crippen LogP contribution is 2.24. The Bertz CT molecular complexity index is 678. The number of carbonyl (C=O) groups is 1. The molecule has 110 valence electrons. The van der Waals surface area contributed by atoms with Crippen molar-refractivity contribution in [1.82, 2.24) is 14.8 Å². The predicted octanol–water partition coefficient (Wildman–Crippen LogP) is 0.930. The van der Waals surface area contributed by atoms with E-state index in [0.29, 0.717) is 18.3 Å². The standard InChI is InChI=1S/C15H18N4O2/c1-21-9-15-17-14(8-13(16)20)18-19(15)12-6-5-10-3-2-4-11(10)7-12/h5-7H,2-4,8-9H2,1H3,(H2,16,20). The summed E-state index contributed by atoms with van der Waals surface area (Å²) >= 11 is 0. The summed E-state index contributed by atoms with van der Waals surface area (Å²) in [5.41, 5.74) is 8.93. The zero-order valence-corrected chi connectivity index (χ0v) is 12.0. The van der Waals surface area contributed by atoms with Crippen LogP contribution in [0.5, 0.6) is 0 Å². The number of nitrogens with zero attached hydrogens (tertiary/aromatic N) is 3. The number of methoxy groups -OCH3 is 1. The van der Waals surface area contributed by atoms with Crippen LogP contribution in [0.1, 0.15) is 29.2 Å². The monoisotopic (exact) mass is 286 g/mol. The van der Waals surface area contributed by atoms with Crippen molar-refractivity contribution in [2.24, 2.45) is 5.73 Å². The van der Waals surface area contributed by atoms with Crippen LogP contribution in [0, 0.1) is 0 Å². The van der Waals surface area contributed by atoms with Crippen LogP contribution in [0.2, 0.25) is 0 Å². The molecule has 0 spiro atoms. The van der Waals surface area contributed by atoms with Gasteiger partial charge in [-0.25, -0.2) is 9.67 Å². The van der Waals surface area contributed by atoms with Crippen LogP contribution in [0.4, 0.5) is 0 Å². The number of ether oxygens (including phenoxy) is 1. The summed E-state index contributed by atoms with van der Waals surface area (Å²) in [5.74, 6) is 0.659. The SMILES string of the molecule is COCc1nc(CC(N)=O)nn1-c1ccc2c(c1)CCC2. The lowest BCUT2D eigenvalue weighted by Crippen LogP contribution is -2.14. The fourth-order valence-electron chi connectivity index (χ4n) is 2.74. The number of carbonyl (C=O) groups excluding carboxylic acids is 1. The molecule has 1 aliphatic rings. The van der Waals surface area contributed by atoms with Crippen molar-refractivity contribution in [1.29, 1.82) is 0 Å². The smallest absolute Gasteiger partial charge is 0.225 e. The molecule has 0 saturated heterocycles. The van der Waals surface area contributed by atoms with Gasteiger partial charge in [0.25, 0.3) is 0 Å². The Morgan fingerprint density at radius 3 is 2.95 bits per heavy atom. The second-order valence-electron chi connectivity index (χ2n) is 5.24. The van der Waals surface area contributed by atoms with Crippen LogP contribution < -0.4 is 5.73 Å². The van der Waals surface area contributed by atoms with Crippen LogP contribution in [-0.2, 0) is 35.4 Å². The predicted molar refractivity (Wildman–Crippen MR) is 77.0 cm³/mol. The van der Waals surface area contributed by atoms with Gasteiger partial charge in [-0.15, -0.1) is 0 Å². The molecule has 6 nitrogen and oxygen atoms in total. The lowest BCUT2D eigenvalue weighted by Gasteiger charge is -2.07. The van der Waals surface area contributed by atoms with Crippen LogP contribution in [0.15, 0.2) is 18.2 Å². The summed E-state index contributed by atoms with van der Waals surface area (Å²) < 4.78 is 6.90. The normalized spacial score (nSPS) is 13.4. The minimum Gasteiger partial charge on any atom is -0.377 e.